The molecule has 1 aromatic rings. The molecule has 0 bridgehead atoms. The molecule has 18 heavy (non-hydrogen) atoms. The first-order chi connectivity index (χ1) is 8.61. The van der Waals surface area contributed by atoms with Gasteiger partial charge in [-0.1, -0.05) is 6.07 Å². The number of piperidine rings is 1. The third-order valence-electron chi connectivity index (χ3n) is 4.30. The Morgan fingerprint density at radius 2 is 2.11 bits per heavy atom. The van der Waals surface area contributed by atoms with Gasteiger partial charge in [-0.25, -0.2) is 4.39 Å². The van der Waals surface area contributed by atoms with Crippen LogP contribution in [0.1, 0.15) is 43.0 Å². The zero-order valence-electron chi connectivity index (χ0n) is 10.7. The van der Waals surface area contributed by atoms with Gasteiger partial charge in [-0.3, -0.25) is 4.79 Å². The lowest BCUT2D eigenvalue weighted by molar-refractivity contribution is 0.101. The van der Waals surface area contributed by atoms with Gasteiger partial charge in [0, 0.05) is 13.1 Å². The number of ketones is 1. The number of anilines is 1. The van der Waals surface area contributed by atoms with Gasteiger partial charge in [0.15, 0.2) is 5.78 Å². The average molecular weight is 247 g/mol. The van der Waals surface area contributed by atoms with Crippen molar-refractivity contribution in [1.82, 2.24) is 0 Å². The molecule has 1 aliphatic heterocycles. The number of benzene rings is 1. The molecule has 1 saturated carbocycles. The van der Waals surface area contributed by atoms with E-state index >= 15 is 0 Å². The van der Waals surface area contributed by atoms with Crippen LogP contribution in [-0.2, 0) is 0 Å². The summed E-state index contributed by atoms with van der Waals surface area (Å²) in [5.41, 5.74) is 1.52. The molecule has 0 radical (unpaired) electrons. The highest BCUT2D eigenvalue weighted by atomic mass is 19.1. The lowest BCUT2D eigenvalue weighted by atomic mass is 9.93. The summed E-state index contributed by atoms with van der Waals surface area (Å²) in [7, 11) is 0. The maximum atomic E-state index is 13.8. The molecule has 0 amide bonds. The molecule has 1 heterocycles. The van der Waals surface area contributed by atoms with Crippen molar-refractivity contribution in [3.8, 4) is 0 Å². The quantitative estimate of drug-likeness (QED) is 0.746. The molecule has 1 spiro atoms. The zero-order valence-corrected chi connectivity index (χ0v) is 10.7. The minimum absolute atomic E-state index is 0.182. The second-order valence-corrected chi connectivity index (χ2v) is 5.72. The highest BCUT2D eigenvalue weighted by molar-refractivity contribution is 6.00. The molecule has 2 nitrogen and oxygen atoms in total. The van der Waals surface area contributed by atoms with Crippen molar-refractivity contribution in [3.63, 3.8) is 0 Å². The fourth-order valence-corrected chi connectivity index (χ4v) is 3.12. The average Bonchev–Trinajstić information content (AvgIpc) is 3.07. The Bertz CT molecular complexity index is 493. The number of halogens is 1. The minimum atomic E-state index is -0.393. The van der Waals surface area contributed by atoms with E-state index in [1.165, 1.54) is 32.3 Å². The van der Waals surface area contributed by atoms with E-state index in [2.05, 4.69) is 4.90 Å². The molecular formula is C15H18FNO. The van der Waals surface area contributed by atoms with Crippen LogP contribution in [-0.4, -0.2) is 18.9 Å². The number of carbonyl (C=O) groups is 1. The molecule has 2 aliphatic rings. The van der Waals surface area contributed by atoms with Crippen LogP contribution in [0.5, 0.6) is 0 Å². The van der Waals surface area contributed by atoms with Crippen LogP contribution in [0.15, 0.2) is 18.2 Å². The first kappa shape index (κ1) is 11.7. The van der Waals surface area contributed by atoms with Crippen molar-refractivity contribution in [2.24, 2.45) is 5.41 Å². The van der Waals surface area contributed by atoms with Gasteiger partial charge in [0.05, 0.1) is 11.3 Å². The van der Waals surface area contributed by atoms with Crippen LogP contribution in [0.4, 0.5) is 10.1 Å². The molecule has 0 unspecified atom stereocenters. The number of nitrogens with zero attached hydrogens (tertiary/aromatic N) is 1. The van der Waals surface area contributed by atoms with Crippen molar-refractivity contribution < 1.29 is 9.18 Å². The zero-order chi connectivity index (χ0) is 12.8. The molecule has 1 aliphatic carbocycles. The Hall–Kier alpha value is -1.38. The van der Waals surface area contributed by atoms with Crippen LogP contribution in [0.3, 0.4) is 0 Å². The van der Waals surface area contributed by atoms with Gasteiger partial charge in [-0.05, 0) is 50.2 Å². The standard InChI is InChI=1S/C15H18FNO/c1-11(18)14-12(16)4-2-5-13(14)17-9-3-6-15(10-17)7-8-15/h2,4-5H,3,6-10H2,1H3. The summed E-state index contributed by atoms with van der Waals surface area (Å²) >= 11 is 0. The lowest BCUT2D eigenvalue weighted by Crippen LogP contribution is -2.37. The third kappa shape index (κ3) is 1.92. The van der Waals surface area contributed by atoms with Crippen LogP contribution in [0.2, 0.25) is 0 Å². The van der Waals surface area contributed by atoms with Crippen LogP contribution >= 0.6 is 0 Å². The van der Waals surface area contributed by atoms with Gasteiger partial charge >= 0.3 is 0 Å². The predicted molar refractivity (Wildman–Crippen MR) is 69.5 cm³/mol. The fourth-order valence-electron chi connectivity index (χ4n) is 3.12. The van der Waals surface area contributed by atoms with E-state index in [4.69, 9.17) is 0 Å². The Morgan fingerprint density at radius 1 is 1.33 bits per heavy atom. The maximum absolute atomic E-state index is 13.8. The third-order valence-corrected chi connectivity index (χ3v) is 4.30. The minimum Gasteiger partial charge on any atom is -0.370 e. The molecular weight excluding hydrogens is 229 g/mol. The SMILES string of the molecule is CC(=O)c1c(F)cccc1N1CCCC2(CC2)C1. The van der Waals surface area contributed by atoms with Crippen molar-refractivity contribution >= 4 is 11.5 Å². The summed E-state index contributed by atoms with van der Waals surface area (Å²) in [5.74, 6) is -0.575. The Labute approximate surface area is 107 Å². The van der Waals surface area contributed by atoms with Crippen molar-refractivity contribution in [2.75, 3.05) is 18.0 Å². The second kappa shape index (κ2) is 4.08. The number of rotatable bonds is 2. The van der Waals surface area contributed by atoms with E-state index < -0.39 is 5.82 Å². The molecule has 3 rings (SSSR count). The largest absolute Gasteiger partial charge is 0.370 e. The van der Waals surface area contributed by atoms with E-state index in [0.717, 1.165) is 25.2 Å². The Morgan fingerprint density at radius 3 is 2.78 bits per heavy atom. The molecule has 1 aromatic carbocycles. The van der Waals surface area contributed by atoms with Gasteiger partial charge in [-0.2, -0.15) is 0 Å². The van der Waals surface area contributed by atoms with Crippen LogP contribution in [0.25, 0.3) is 0 Å². The first-order valence-corrected chi connectivity index (χ1v) is 6.66. The molecule has 2 fully saturated rings. The number of hydrogen-bond donors (Lipinski definition) is 0. The van der Waals surface area contributed by atoms with E-state index in [9.17, 15) is 9.18 Å². The fraction of sp³-hybridized carbons (Fsp3) is 0.533. The van der Waals surface area contributed by atoms with Crippen LogP contribution in [0, 0.1) is 11.2 Å². The molecule has 0 atom stereocenters. The van der Waals surface area contributed by atoms with Crippen LogP contribution < -0.4 is 4.90 Å². The van der Waals surface area contributed by atoms with E-state index in [-0.39, 0.29) is 11.3 Å². The number of carbonyl (C=O) groups excluding carboxylic acids is 1. The van der Waals surface area contributed by atoms with Gasteiger partial charge in [-0.15, -0.1) is 0 Å². The van der Waals surface area contributed by atoms with E-state index in [1.54, 1.807) is 6.07 Å². The Balaban J connectivity index is 1.96. The summed E-state index contributed by atoms with van der Waals surface area (Å²) in [6, 6.07) is 4.95. The lowest BCUT2D eigenvalue weighted by Gasteiger charge is -2.35. The van der Waals surface area contributed by atoms with Crippen molar-refractivity contribution in [3.05, 3.63) is 29.6 Å². The summed E-state index contributed by atoms with van der Waals surface area (Å²) in [6.07, 6.45) is 5.00. The molecule has 1 saturated heterocycles. The summed E-state index contributed by atoms with van der Waals surface area (Å²) < 4.78 is 13.8. The molecule has 0 N–H and O–H groups in total. The highest BCUT2D eigenvalue weighted by Gasteiger charge is 2.45. The highest BCUT2D eigenvalue weighted by Crippen LogP contribution is 2.52. The van der Waals surface area contributed by atoms with Crippen molar-refractivity contribution in [1.29, 1.82) is 0 Å². The number of hydrogen-bond acceptors (Lipinski definition) is 2. The molecule has 96 valence electrons. The van der Waals surface area contributed by atoms with Gasteiger partial charge < -0.3 is 4.90 Å². The van der Waals surface area contributed by atoms with Crippen molar-refractivity contribution in [2.45, 2.75) is 32.6 Å². The normalized spacial score (nSPS) is 21.1. The monoisotopic (exact) mass is 247 g/mol. The smallest absolute Gasteiger partial charge is 0.164 e. The first-order valence-electron chi connectivity index (χ1n) is 6.66. The maximum Gasteiger partial charge on any atom is 0.164 e. The van der Waals surface area contributed by atoms with Gasteiger partial charge in [0.1, 0.15) is 5.82 Å². The van der Waals surface area contributed by atoms with Gasteiger partial charge in [0.2, 0.25) is 0 Å². The topological polar surface area (TPSA) is 20.3 Å². The van der Waals surface area contributed by atoms with E-state index in [0.29, 0.717) is 5.41 Å². The Kier molecular flexibility index (Phi) is 2.65. The van der Waals surface area contributed by atoms with Gasteiger partial charge in [0.25, 0.3) is 0 Å². The summed E-state index contributed by atoms with van der Waals surface area (Å²) in [6.45, 7) is 3.36. The molecule has 0 aromatic heterocycles. The molecule has 3 heteroatoms. The predicted octanol–water partition coefficient (Wildman–Crippen LogP) is 3.41. The second-order valence-electron chi connectivity index (χ2n) is 5.72. The summed E-state index contributed by atoms with van der Waals surface area (Å²) in [5, 5.41) is 0. The number of Topliss-reactive ketones (excluding diaryl/α,β-unsaturated/α-hetero) is 1. The van der Waals surface area contributed by atoms with E-state index in [1.807, 2.05) is 6.07 Å². The summed E-state index contributed by atoms with van der Waals surface area (Å²) in [4.78, 5) is 13.8.